The Labute approximate surface area is 301 Å². The van der Waals surface area contributed by atoms with Crippen LogP contribution in [0.4, 0.5) is 5.69 Å². The second-order valence-electron chi connectivity index (χ2n) is 13.9. The van der Waals surface area contributed by atoms with Gasteiger partial charge in [-0.25, -0.2) is 13.1 Å². The Bertz CT molecular complexity index is 1700. The first-order chi connectivity index (χ1) is 23.8. The van der Waals surface area contributed by atoms with Gasteiger partial charge in [0.1, 0.15) is 11.9 Å². The monoisotopic (exact) mass is 728 g/mol. The molecule has 5 rings (SSSR count). The highest BCUT2D eigenvalue weighted by atomic mass is 35.5. The van der Waals surface area contributed by atoms with E-state index in [1.165, 1.54) is 25.2 Å². The molecule has 2 aromatic rings. The first kappa shape index (κ1) is 37.9. The highest BCUT2D eigenvalue weighted by molar-refractivity contribution is 7.90. The van der Waals surface area contributed by atoms with Gasteiger partial charge in [-0.05, 0) is 79.0 Å². The molecule has 2 heterocycles. The third-order valence-electron chi connectivity index (χ3n) is 10.7. The molecule has 1 saturated heterocycles. The number of methoxy groups -OCH3 is 1. The van der Waals surface area contributed by atoms with E-state index in [-0.39, 0.29) is 47.9 Å². The van der Waals surface area contributed by atoms with Gasteiger partial charge in [-0.1, -0.05) is 50.2 Å². The number of sulfonamides is 1. The van der Waals surface area contributed by atoms with Crippen molar-refractivity contribution in [2.45, 2.75) is 69.3 Å². The SMILES string of the molecule is C=CC(C)[C@H](C)[C@@H](CCOC)S(=O)(=O)NC(=O)c1ccc2c(c1)N(C[C@@H]1OC[C@H]1C(C=C)OC(C)=O)C[C@@]1(CCCc3cc(Cl)ccc31)CO2. The number of allylic oxidation sites excluding steroid dienone is 1. The Morgan fingerprint density at radius 1 is 1.18 bits per heavy atom. The molecule has 1 spiro atoms. The molecular weight excluding hydrogens is 680 g/mol. The van der Waals surface area contributed by atoms with Gasteiger partial charge in [0.05, 0.1) is 36.2 Å². The molecule has 0 bridgehead atoms. The Hall–Kier alpha value is -3.38. The summed E-state index contributed by atoms with van der Waals surface area (Å²) in [7, 11) is -2.58. The van der Waals surface area contributed by atoms with Crippen molar-refractivity contribution in [3.63, 3.8) is 0 Å². The standard InChI is InChI=1S/C38H49ClN2O8S/c1-7-24(3)25(4)36(15-17-46-6)50(44,45)40-37(43)28-11-14-34-32(19-28)41(20-35-30(21-47-35)33(8-2)49-26(5)42)22-38(23-48-34)16-9-10-27-18-29(39)12-13-31(27)38/h7-8,11-14,18-19,24-25,30,33,35-36H,1-2,9-10,15-17,20-23H2,3-6H3,(H,40,43)/t24?,25-,30-,33?,35-,36+,38-/m0/s1. The van der Waals surface area contributed by atoms with E-state index in [0.29, 0.717) is 42.8 Å². The molecule has 2 aromatic carbocycles. The number of amides is 1. The number of carbonyl (C=O) groups excluding carboxylic acids is 2. The topological polar surface area (TPSA) is 120 Å². The maximum Gasteiger partial charge on any atom is 0.303 e. The maximum absolute atomic E-state index is 13.7. The van der Waals surface area contributed by atoms with Gasteiger partial charge in [-0.2, -0.15) is 0 Å². The molecule has 7 atom stereocenters. The van der Waals surface area contributed by atoms with Crippen LogP contribution in [0, 0.1) is 17.8 Å². The first-order valence-corrected chi connectivity index (χ1v) is 19.1. The zero-order valence-corrected chi connectivity index (χ0v) is 30.9. The third-order valence-corrected chi connectivity index (χ3v) is 12.8. The summed E-state index contributed by atoms with van der Waals surface area (Å²) < 4.78 is 53.1. The Balaban J connectivity index is 1.49. The molecule has 1 N–H and O–H groups in total. The zero-order chi connectivity index (χ0) is 36.2. The number of ether oxygens (including phenoxy) is 4. The van der Waals surface area contributed by atoms with Crippen LogP contribution in [0.1, 0.15) is 61.5 Å². The fourth-order valence-electron chi connectivity index (χ4n) is 7.56. The van der Waals surface area contributed by atoms with Crippen molar-refractivity contribution in [1.82, 2.24) is 4.72 Å². The summed E-state index contributed by atoms with van der Waals surface area (Å²) >= 11 is 6.41. The van der Waals surface area contributed by atoms with E-state index in [2.05, 4.69) is 28.8 Å². The number of rotatable bonds is 14. The normalized spacial score (nSPS) is 23.8. The second kappa shape index (κ2) is 15.9. The van der Waals surface area contributed by atoms with Crippen LogP contribution in [0.3, 0.4) is 0 Å². The van der Waals surface area contributed by atoms with Crippen molar-refractivity contribution in [2.75, 3.05) is 44.9 Å². The number of nitrogens with one attached hydrogen (secondary N) is 1. The number of anilines is 1. The van der Waals surface area contributed by atoms with Gasteiger partial charge in [0.2, 0.25) is 10.0 Å². The summed E-state index contributed by atoms with van der Waals surface area (Å²) in [4.78, 5) is 27.8. The van der Waals surface area contributed by atoms with Crippen LogP contribution in [0.15, 0.2) is 61.7 Å². The summed E-state index contributed by atoms with van der Waals surface area (Å²) in [6.45, 7) is 14.8. The number of fused-ring (bicyclic) bond motifs is 3. The summed E-state index contributed by atoms with van der Waals surface area (Å²) in [5, 5.41) is -0.187. The molecule has 1 amide bonds. The van der Waals surface area contributed by atoms with E-state index in [1.54, 1.807) is 30.4 Å². The summed E-state index contributed by atoms with van der Waals surface area (Å²) in [6, 6.07) is 11.0. The van der Waals surface area contributed by atoms with Crippen LogP contribution in [0.2, 0.25) is 5.02 Å². The fraction of sp³-hybridized carbons (Fsp3) is 0.526. The quantitative estimate of drug-likeness (QED) is 0.188. The number of aryl methyl sites for hydroxylation is 1. The Morgan fingerprint density at radius 2 is 1.96 bits per heavy atom. The van der Waals surface area contributed by atoms with Crippen LogP contribution in [0.25, 0.3) is 0 Å². The average Bonchev–Trinajstić information content (AvgIpc) is 3.22. The number of nitrogens with zero attached hydrogens (tertiary/aromatic N) is 1. The van der Waals surface area contributed by atoms with Gasteiger partial charge in [0.15, 0.2) is 0 Å². The molecule has 272 valence electrons. The number of hydrogen-bond donors (Lipinski definition) is 1. The zero-order valence-electron chi connectivity index (χ0n) is 29.4. The van der Waals surface area contributed by atoms with Crippen LogP contribution < -0.4 is 14.4 Å². The third kappa shape index (κ3) is 8.06. The van der Waals surface area contributed by atoms with Gasteiger partial charge in [0.25, 0.3) is 5.91 Å². The summed E-state index contributed by atoms with van der Waals surface area (Å²) in [5.74, 6) is -1.08. The van der Waals surface area contributed by atoms with Gasteiger partial charge >= 0.3 is 5.97 Å². The van der Waals surface area contributed by atoms with Gasteiger partial charge < -0.3 is 23.8 Å². The molecule has 0 saturated carbocycles. The molecule has 12 heteroatoms. The highest BCUT2D eigenvalue weighted by Gasteiger charge is 2.45. The van der Waals surface area contributed by atoms with Crippen molar-refractivity contribution < 1.29 is 37.0 Å². The fourth-order valence-corrected chi connectivity index (χ4v) is 9.51. The average molecular weight is 729 g/mol. The molecule has 1 fully saturated rings. The van der Waals surface area contributed by atoms with Crippen LogP contribution in [-0.4, -0.2) is 77.8 Å². The number of carbonyl (C=O) groups is 2. The smallest absolute Gasteiger partial charge is 0.303 e. The van der Waals surface area contributed by atoms with E-state index in [0.717, 1.165) is 19.3 Å². The Kier molecular flexibility index (Phi) is 12.0. The van der Waals surface area contributed by atoms with Crippen LogP contribution >= 0.6 is 11.6 Å². The number of benzene rings is 2. The minimum Gasteiger partial charge on any atom is -0.490 e. The molecule has 2 aliphatic heterocycles. The van der Waals surface area contributed by atoms with Gasteiger partial charge in [-0.15, -0.1) is 6.58 Å². The molecule has 0 aromatic heterocycles. The van der Waals surface area contributed by atoms with Crippen LogP contribution in [-0.2, 0) is 40.9 Å². The van der Waals surface area contributed by atoms with Crippen molar-refractivity contribution in [2.24, 2.45) is 17.8 Å². The molecular formula is C38H49ClN2O8S. The van der Waals surface area contributed by atoms with Crippen molar-refractivity contribution in [1.29, 1.82) is 0 Å². The van der Waals surface area contributed by atoms with Gasteiger partial charge in [-0.3, -0.25) is 9.59 Å². The van der Waals surface area contributed by atoms with E-state index in [9.17, 15) is 18.0 Å². The van der Waals surface area contributed by atoms with Crippen molar-refractivity contribution in [3.8, 4) is 5.75 Å². The maximum atomic E-state index is 13.7. The predicted octanol–water partition coefficient (Wildman–Crippen LogP) is 5.87. The van der Waals surface area contributed by atoms with E-state index in [1.807, 2.05) is 26.0 Å². The molecule has 2 unspecified atom stereocenters. The molecule has 3 aliphatic rings. The highest BCUT2D eigenvalue weighted by Crippen LogP contribution is 2.45. The van der Waals surface area contributed by atoms with Crippen LogP contribution in [0.5, 0.6) is 5.75 Å². The molecule has 50 heavy (non-hydrogen) atoms. The minimum absolute atomic E-state index is 0.103. The predicted molar refractivity (Wildman–Crippen MR) is 194 cm³/mol. The summed E-state index contributed by atoms with van der Waals surface area (Å²) in [5.41, 5.74) is 2.80. The van der Waals surface area contributed by atoms with Gasteiger partial charge in [0, 0.05) is 49.7 Å². The lowest BCUT2D eigenvalue weighted by atomic mass is 9.70. The summed E-state index contributed by atoms with van der Waals surface area (Å²) in [6.07, 6.45) is 5.49. The second-order valence-corrected chi connectivity index (χ2v) is 16.2. The first-order valence-electron chi connectivity index (χ1n) is 17.2. The van der Waals surface area contributed by atoms with Crippen molar-refractivity contribution in [3.05, 3.63) is 83.4 Å². The van der Waals surface area contributed by atoms with Crippen molar-refractivity contribution >= 4 is 39.2 Å². The number of halogens is 1. The number of esters is 1. The van der Waals surface area contributed by atoms with E-state index in [4.69, 9.17) is 30.5 Å². The van der Waals surface area contributed by atoms with E-state index < -0.39 is 33.3 Å². The molecule has 10 nitrogen and oxygen atoms in total. The lowest BCUT2D eigenvalue weighted by Crippen LogP contribution is -2.55. The Morgan fingerprint density at radius 3 is 2.62 bits per heavy atom. The molecule has 0 radical (unpaired) electrons. The largest absolute Gasteiger partial charge is 0.490 e. The van der Waals surface area contributed by atoms with E-state index >= 15 is 0 Å². The molecule has 1 aliphatic carbocycles. The minimum atomic E-state index is -4.09. The number of hydrogen-bond acceptors (Lipinski definition) is 9. The lowest BCUT2D eigenvalue weighted by molar-refractivity contribution is -0.171. The lowest BCUT2D eigenvalue weighted by Gasteiger charge is -2.45.